The van der Waals surface area contributed by atoms with Gasteiger partial charge in [-0.1, -0.05) is 19.4 Å². The van der Waals surface area contributed by atoms with Gasteiger partial charge < -0.3 is 5.32 Å². The van der Waals surface area contributed by atoms with Gasteiger partial charge in [-0.25, -0.2) is 0 Å². The first-order chi connectivity index (χ1) is 6.76. The van der Waals surface area contributed by atoms with Crippen LogP contribution in [0, 0.1) is 0 Å². The third-order valence-electron chi connectivity index (χ3n) is 1.99. The van der Waals surface area contributed by atoms with Crippen LogP contribution in [0.4, 0.5) is 0 Å². The van der Waals surface area contributed by atoms with Crippen LogP contribution in [-0.4, -0.2) is 13.1 Å². The summed E-state index contributed by atoms with van der Waals surface area (Å²) < 4.78 is 1.17. The Hall–Kier alpha value is -0.120. The zero-order valence-electron chi connectivity index (χ0n) is 8.64. The first kappa shape index (κ1) is 12.0. The van der Waals surface area contributed by atoms with Crippen LogP contribution in [0.25, 0.3) is 6.08 Å². The van der Waals surface area contributed by atoms with Gasteiger partial charge >= 0.3 is 0 Å². The van der Waals surface area contributed by atoms with E-state index >= 15 is 0 Å². The number of thiophene rings is 1. The van der Waals surface area contributed by atoms with Crippen molar-refractivity contribution >= 4 is 33.3 Å². The summed E-state index contributed by atoms with van der Waals surface area (Å²) in [5, 5.41) is 5.47. The summed E-state index contributed by atoms with van der Waals surface area (Å²) in [6.07, 6.45) is 3.39. The van der Waals surface area contributed by atoms with Gasteiger partial charge in [0.25, 0.3) is 0 Å². The monoisotopic (exact) mass is 273 g/mol. The molecule has 1 nitrogen and oxygen atoms in total. The van der Waals surface area contributed by atoms with Crippen molar-refractivity contribution in [2.75, 3.05) is 13.1 Å². The molecular formula is C11H16BrNS. The van der Waals surface area contributed by atoms with Gasteiger partial charge in [0, 0.05) is 21.3 Å². The Morgan fingerprint density at radius 1 is 1.57 bits per heavy atom. The van der Waals surface area contributed by atoms with Crippen molar-refractivity contribution in [2.45, 2.75) is 20.3 Å². The molecule has 0 aromatic carbocycles. The number of halogens is 1. The van der Waals surface area contributed by atoms with Gasteiger partial charge in [-0.05, 0) is 41.0 Å². The first-order valence-electron chi connectivity index (χ1n) is 4.90. The molecule has 1 rings (SSSR count). The van der Waals surface area contributed by atoms with Crippen LogP contribution in [0.5, 0.6) is 0 Å². The lowest BCUT2D eigenvalue weighted by Crippen LogP contribution is -2.15. The summed E-state index contributed by atoms with van der Waals surface area (Å²) in [5.41, 5.74) is 1.46. The zero-order valence-corrected chi connectivity index (χ0v) is 11.0. The molecule has 0 bridgehead atoms. The molecule has 0 spiro atoms. The van der Waals surface area contributed by atoms with E-state index < -0.39 is 0 Å². The number of hydrogen-bond acceptors (Lipinski definition) is 2. The van der Waals surface area contributed by atoms with Gasteiger partial charge in [0.1, 0.15) is 0 Å². The molecule has 0 aliphatic carbocycles. The summed E-state index contributed by atoms with van der Waals surface area (Å²) in [7, 11) is 0. The molecule has 1 aromatic rings. The number of hydrogen-bond donors (Lipinski definition) is 1. The van der Waals surface area contributed by atoms with Crippen LogP contribution in [-0.2, 0) is 0 Å². The quantitative estimate of drug-likeness (QED) is 0.858. The largest absolute Gasteiger partial charge is 0.313 e. The average Bonchev–Trinajstić information content (AvgIpc) is 2.58. The first-order valence-corrected chi connectivity index (χ1v) is 6.57. The second-order valence-electron chi connectivity index (χ2n) is 3.10. The Balaban J connectivity index is 2.63. The van der Waals surface area contributed by atoms with E-state index in [1.165, 1.54) is 14.9 Å². The molecule has 0 fully saturated rings. The van der Waals surface area contributed by atoms with Crippen molar-refractivity contribution in [3.05, 3.63) is 26.4 Å². The molecule has 3 heteroatoms. The molecule has 0 unspecified atom stereocenters. The van der Waals surface area contributed by atoms with Crippen LogP contribution >= 0.6 is 27.3 Å². The lowest BCUT2D eigenvalue weighted by molar-refractivity contribution is 0.762. The van der Waals surface area contributed by atoms with E-state index in [2.05, 4.69) is 52.6 Å². The normalized spacial score (nSPS) is 12.1. The second-order valence-corrected chi connectivity index (χ2v) is 4.96. The highest BCUT2D eigenvalue weighted by Crippen LogP contribution is 2.22. The molecule has 0 radical (unpaired) electrons. The third kappa shape index (κ3) is 3.95. The highest BCUT2D eigenvalue weighted by Gasteiger charge is 1.97. The molecule has 0 amide bonds. The molecule has 78 valence electrons. The fourth-order valence-electron chi connectivity index (χ4n) is 1.17. The van der Waals surface area contributed by atoms with Crippen LogP contribution in [0.15, 0.2) is 21.5 Å². The molecule has 0 atom stereocenters. The van der Waals surface area contributed by atoms with Gasteiger partial charge in [-0.15, -0.1) is 11.3 Å². The van der Waals surface area contributed by atoms with E-state index in [9.17, 15) is 0 Å². The van der Waals surface area contributed by atoms with E-state index in [-0.39, 0.29) is 0 Å². The number of likely N-dealkylation sites (N-methyl/N-ethyl adjacent to an activating group) is 1. The maximum atomic E-state index is 3.46. The van der Waals surface area contributed by atoms with Crippen molar-refractivity contribution < 1.29 is 0 Å². The lowest BCUT2D eigenvalue weighted by atomic mass is 10.2. The van der Waals surface area contributed by atoms with Crippen LogP contribution < -0.4 is 5.32 Å². The SMILES string of the molecule is CCNCC(=Cc1cc(Br)cs1)CC. The topological polar surface area (TPSA) is 12.0 Å². The average molecular weight is 274 g/mol. The van der Waals surface area contributed by atoms with Crippen molar-refractivity contribution in [3.8, 4) is 0 Å². The molecule has 14 heavy (non-hydrogen) atoms. The standard InChI is InChI=1S/C11H16BrNS/c1-3-9(7-13-4-2)5-11-6-10(12)8-14-11/h5-6,8,13H,3-4,7H2,1-2H3. The van der Waals surface area contributed by atoms with Crippen molar-refractivity contribution in [1.29, 1.82) is 0 Å². The summed E-state index contributed by atoms with van der Waals surface area (Å²) in [5.74, 6) is 0. The fourth-order valence-corrected chi connectivity index (χ4v) is 2.59. The molecule has 1 N–H and O–H groups in total. The predicted molar refractivity (Wildman–Crippen MR) is 68.8 cm³/mol. The maximum Gasteiger partial charge on any atom is 0.0288 e. The van der Waals surface area contributed by atoms with Gasteiger partial charge in [-0.3, -0.25) is 0 Å². The summed E-state index contributed by atoms with van der Waals surface area (Å²) in [4.78, 5) is 1.33. The van der Waals surface area contributed by atoms with Crippen molar-refractivity contribution in [2.24, 2.45) is 0 Å². The Bertz CT molecular complexity index is 304. The van der Waals surface area contributed by atoms with Gasteiger partial charge in [-0.2, -0.15) is 0 Å². The Morgan fingerprint density at radius 3 is 2.86 bits per heavy atom. The lowest BCUT2D eigenvalue weighted by Gasteiger charge is -2.03. The van der Waals surface area contributed by atoms with E-state index in [0.717, 1.165) is 19.5 Å². The number of nitrogens with one attached hydrogen (secondary N) is 1. The zero-order chi connectivity index (χ0) is 10.4. The summed E-state index contributed by atoms with van der Waals surface area (Å²) >= 11 is 5.24. The van der Waals surface area contributed by atoms with Crippen molar-refractivity contribution in [1.82, 2.24) is 5.32 Å². The van der Waals surface area contributed by atoms with E-state index in [0.29, 0.717) is 0 Å². The van der Waals surface area contributed by atoms with Crippen LogP contribution in [0.2, 0.25) is 0 Å². The molecule has 0 saturated heterocycles. The molecule has 0 aliphatic rings. The summed E-state index contributed by atoms with van der Waals surface area (Å²) in [6, 6.07) is 2.16. The second kappa shape index (κ2) is 6.38. The molecule has 1 heterocycles. The Kier molecular flexibility index (Phi) is 5.45. The van der Waals surface area contributed by atoms with Crippen LogP contribution in [0.3, 0.4) is 0 Å². The third-order valence-corrected chi connectivity index (χ3v) is 3.63. The van der Waals surface area contributed by atoms with Crippen molar-refractivity contribution in [3.63, 3.8) is 0 Å². The minimum Gasteiger partial charge on any atom is -0.313 e. The fraction of sp³-hybridized carbons (Fsp3) is 0.455. The highest BCUT2D eigenvalue weighted by atomic mass is 79.9. The number of rotatable bonds is 5. The molecule has 0 aliphatic heterocycles. The Morgan fingerprint density at radius 2 is 2.36 bits per heavy atom. The van der Waals surface area contributed by atoms with E-state index in [1.807, 2.05) is 0 Å². The van der Waals surface area contributed by atoms with E-state index in [1.54, 1.807) is 11.3 Å². The maximum absolute atomic E-state index is 3.46. The minimum absolute atomic E-state index is 1.00. The van der Waals surface area contributed by atoms with Gasteiger partial charge in [0.2, 0.25) is 0 Å². The molecule has 1 aromatic heterocycles. The minimum atomic E-state index is 1.00. The predicted octanol–water partition coefficient (Wildman–Crippen LogP) is 3.91. The smallest absolute Gasteiger partial charge is 0.0288 e. The highest BCUT2D eigenvalue weighted by molar-refractivity contribution is 9.10. The molecular weight excluding hydrogens is 258 g/mol. The van der Waals surface area contributed by atoms with E-state index in [4.69, 9.17) is 0 Å². The van der Waals surface area contributed by atoms with Crippen LogP contribution in [0.1, 0.15) is 25.1 Å². The Labute approximate surface area is 98.4 Å². The van der Waals surface area contributed by atoms with Gasteiger partial charge in [0.15, 0.2) is 0 Å². The van der Waals surface area contributed by atoms with Gasteiger partial charge in [0.05, 0.1) is 0 Å². The molecule has 0 saturated carbocycles. The summed E-state index contributed by atoms with van der Waals surface area (Å²) in [6.45, 7) is 6.37.